The summed E-state index contributed by atoms with van der Waals surface area (Å²) in [6, 6.07) is 11.5. The van der Waals surface area contributed by atoms with Crippen LogP contribution in [0.1, 0.15) is 28.5 Å². The Hall–Kier alpha value is -2.29. The highest BCUT2D eigenvalue weighted by Gasteiger charge is 2.49. The fourth-order valence-electron chi connectivity index (χ4n) is 3.84. The Morgan fingerprint density at radius 3 is 2.43 bits per heavy atom. The molecule has 0 saturated heterocycles. The highest BCUT2D eigenvalue weighted by molar-refractivity contribution is 5.97. The van der Waals surface area contributed by atoms with Gasteiger partial charge in [-0.3, -0.25) is 14.8 Å². The van der Waals surface area contributed by atoms with Crippen molar-refractivity contribution in [3.8, 4) is 0 Å². The van der Waals surface area contributed by atoms with Crippen molar-refractivity contribution in [3.63, 3.8) is 0 Å². The summed E-state index contributed by atoms with van der Waals surface area (Å²) in [5.41, 5.74) is 1.60. The van der Waals surface area contributed by atoms with Gasteiger partial charge in [0.25, 0.3) is 0 Å². The number of ketones is 1. The Bertz CT molecular complexity index is 681. The number of pyridine rings is 2. The normalized spacial score (nSPS) is 29.7. The molecule has 0 amide bonds. The van der Waals surface area contributed by atoms with Crippen LogP contribution in [0.5, 0.6) is 0 Å². The molecule has 0 radical (unpaired) electrons. The zero-order valence-corrected chi connectivity index (χ0v) is 11.6. The van der Waals surface area contributed by atoms with Crippen molar-refractivity contribution in [1.29, 1.82) is 0 Å². The summed E-state index contributed by atoms with van der Waals surface area (Å²) >= 11 is 0. The van der Waals surface area contributed by atoms with E-state index in [1.54, 1.807) is 6.20 Å². The van der Waals surface area contributed by atoms with Gasteiger partial charge in [-0.25, -0.2) is 0 Å². The molecule has 2 aromatic rings. The fraction of sp³-hybridized carbons (Fsp3) is 0.278. The number of nitrogens with zero attached hydrogens (tertiary/aromatic N) is 2. The van der Waals surface area contributed by atoms with Gasteiger partial charge < -0.3 is 0 Å². The second-order valence-electron chi connectivity index (χ2n) is 5.83. The fourth-order valence-corrected chi connectivity index (χ4v) is 3.84. The maximum absolute atomic E-state index is 12.9. The molecule has 2 bridgehead atoms. The molecule has 2 aliphatic rings. The van der Waals surface area contributed by atoms with Gasteiger partial charge in [0.05, 0.1) is 0 Å². The van der Waals surface area contributed by atoms with Gasteiger partial charge in [-0.05, 0) is 42.5 Å². The first-order valence-corrected chi connectivity index (χ1v) is 7.39. The lowest BCUT2D eigenvalue weighted by molar-refractivity contribution is 0.0880. The number of aromatic nitrogens is 2. The van der Waals surface area contributed by atoms with Crippen molar-refractivity contribution in [3.05, 3.63) is 72.3 Å². The van der Waals surface area contributed by atoms with E-state index in [1.807, 2.05) is 42.6 Å². The van der Waals surface area contributed by atoms with Gasteiger partial charge in [-0.15, -0.1) is 0 Å². The number of hydrogen-bond acceptors (Lipinski definition) is 3. The third-order valence-electron chi connectivity index (χ3n) is 4.71. The second kappa shape index (κ2) is 4.92. The van der Waals surface area contributed by atoms with Crippen LogP contribution in [0.15, 0.2) is 60.9 Å². The average molecular weight is 276 g/mol. The van der Waals surface area contributed by atoms with E-state index in [4.69, 9.17) is 0 Å². The molecule has 1 saturated carbocycles. The maximum atomic E-state index is 12.9. The van der Waals surface area contributed by atoms with Crippen molar-refractivity contribution in [2.24, 2.45) is 17.8 Å². The van der Waals surface area contributed by atoms with Crippen LogP contribution in [0, 0.1) is 17.8 Å². The van der Waals surface area contributed by atoms with Gasteiger partial charge in [-0.1, -0.05) is 24.3 Å². The molecule has 3 nitrogen and oxygen atoms in total. The zero-order chi connectivity index (χ0) is 14.2. The summed E-state index contributed by atoms with van der Waals surface area (Å²) in [6.07, 6.45) is 9.02. The third kappa shape index (κ3) is 2.00. The van der Waals surface area contributed by atoms with Gasteiger partial charge in [0.2, 0.25) is 0 Å². The predicted molar refractivity (Wildman–Crippen MR) is 79.8 cm³/mol. The number of carbonyl (C=O) groups is 1. The monoisotopic (exact) mass is 276 g/mol. The van der Waals surface area contributed by atoms with Gasteiger partial charge in [-0.2, -0.15) is 0 Å². The van der Waals surface area contributed by atoms with E-state index in [0.29, 0.717) is 17.5 Å². The van der Waals surface area contributed by atoms with E-state index in [-0.39, 0.29) is 17.6 Å². The van der Waals surface area contributed by atoms with Crippen LogP contribution >= 0.6 is 0 Å². The average Bonchev–Trinajstić information content (AvgIpc) is 3.17. The third-order valence-corrected chi connectivity index (χ3v) is 4.71. The first-order valence-electron chi connectivity index (χ1n) is 7.39. The lowest BCUT2D eigenvalue weighted by atomic mass is 9.77. The molecule has 21 heavy (non-hydrogen) atoms. The Kier molecular flexibility index (Phi) is 2.92. The van der Waals surface area contributed by atoms with Crippen LogP contribution in [0.2, 0.25) is 0 Å². The van der Waals surface area contributed by atoms with Crippen LogP contribution < -0.4 is 0 Å². The van der Waals surface area contributed by atoms with Crippen LogP contribution in [-0.4, -0.2) is 15.8 Å². The molecule has 0 aliphatic heterocycles. The molecule has 2 aliphatic carbocycles. The topological polar surface area (TPSA) is 42.9 Å². The predicted octanol–water partition coefficient (Wildman–Crippen LogP) is 3.27. The molecular weight excluding hydrogens is 260 g/mol. The van der Waals surface area contributed by atoms with E-state index in [2.05, 4.69) is 22.1 Å². The lowest BCUT2D eigenvalue weighted by Crippen LogP contribution is -2.27. The van der Waals surface area contributed by atoms with Crippen LogP contribution in [-0.2, 0) is 0 Å². The van der Waals surface area contributed by atoms with Crippen LogP contribution in [0.4, 0.5) is 0 Å². The smallest absolute Gasteiger partial charge is 0.185 e. The van der Waals surface area contributed by atoms with Gasteiger partial charge in [0.15, 0.2) is 5.78 Å². The summed E-state index contributed by atoms with van der Waals surface area (Å²) in [6.45, 7) is 0. The van der Waals surface area contributed by atoms with Crippen molar-refractivity contribution in [1.82, 2.24) is 9.97 Å². The maximum Gasteiger partial charge on any atom is 0.185 e. The molecule has 4 unspecified atom stereocenters. The van der Waals surface area contributed by atoms with Gasteiger partial charge in [0.1, 0.15) is 5.69 Å². The number of fused-ring (bicyclic) bond motifs is 2. The lowest BCUT2D eigenvalue weighted by Gasteiger charge is -2.26. The molecule has 3 heteroatoms. The van der Waals surface area contributed by atoms with Crippen molar-refractivity contribution in [2.75, 3.05) is 0 Å². The van der Waals surface area contributed by atoms with Crippen molar-refractivity contribution in [2.45, 2.75) is 12.3 Å². The van der Waals surface area contributed by atoms with Crippen LogP contribution in [0.25, 0.3) is 0 Å². The largest absolute Gasteiger partial charge is 0.292 e. The Balaban J connectivity index is 1.73. The standard InChI is InChI=1S/C18H16N2O/c21-18(15-6-2-4-10-20-15)17-13-8-7-12(11-13)16(17)14-5-1-3-9-19-14/h1-10,12-13,16-17H,11H2. The minimum atomic E-state index is -0.0233. The first kappa shape index (κ1) is 12.5. The second-order valence-corrected chi connectivity index (χ2v) is 5.83. The first-order chi connectivity index (χ1) is 10.3. The quantitative estimate of drug-likeness (QED) is 0.638. The summed E-state index contributed by atoms with van der Waals surface area (Å²) in [7, 11) is 0. The molecule has 0 N–H and O–H groups in total. The summed E-state index contributed by atoms with van der Waals surface area (Å²) in [4.78, 5) is 21.6. The minimum absolute atomic E-state index is 0.0233. The Morgan fingerprint density at radius 2 is 1.71 bits per heavy atom. The molecule has 0 aromatic carbocycles. The molecule has 1 fully saturated rings. The molecule has 0 spiro atoms. The molecule has 2 heterocycles. The van der Waals surface area contributed by atoms with E-state index in [0.717, 1.165) is 12.1 Å². The number of allylic oxidation sites excluding steroid dienone is 2. The number of Topliss-reactive ketones (excluding diaryl/α,β-unsaturated/α-hetero) is 1. The highest BCUT2D eigenvalue weighted by Crippen LogP contribution is 2.53. The summed E-state index contributed by atoms with van der Waals surface area (Å²) in [5.74, 6) is 1.09. The molecular formula is C18H16N2O. The highest BCUT2D eigenvalue weighted by atomic mass is 16.1. The van der Waals surface area contributed by atoms with E-state index in [1.165, 1.54) is 0 Å². The number of carbonyl (C=O) groups excluding carboxylic acids is 1. The Labute approximate surface area is 123 Å². The van der Waals surface area contributed by atoms with E-state index in [9.17, 15) is 4.79 Å². The van der Waals surface area contributed by atoms with Crippen molar-refractivity contribution < 1.29 is 4.79 Å². The minimum Gasteiger partial charge on any atom is -0.292 e. The summed E-state index contributed by atoms with van der Waals surface area (Å²) < 4.78 is 0. The van der Waals surface area contributed by atoms with Crippen molar-refractivity contribution >= 4 is 5.78 Å². The SMILES string of the molecule is O=C(c1ccccn1)C1C2C=CC(C2)C1c1ccccn1. The van der Waals surface area contributed by atoms with Gasteiger partial charge >= 0.3 is 0 Å². The van der Waals surface area contributed by atoms with Gasteiger partial charge in [0, 0.05) is 29.9 Å². The summed E-state index contributed by atoms with van der Waals surface area (Å²) in [5, 5.41) is 0. The Morgan fingerprint density at radius 1 is 0.952 bits per heavy atom. The molecule has 4 atom stereocenters. The molecule has 4 rings (SSSR count). The number of hydrogen-bond donors (Lipinski definition) is 0. The number of rotatable bonds is 3. The van der Waals surface area contributed by atoms with E-state index < -0.39 is 0 Å². The zero-order valence-electron chi connectivity index (χ0n) is 11.6. The van der Waals surface area contributed by atoms with E-state index >= 15 is 0 Å². The molecule has 104 valence electrons. The van der Waals surface area contributed by atoms with Crippen LogP contribution in [0.3, 0.4) is 0 Å². The molecule has 2 aromatic heterocycles.